The van der Waals surface area contributed by atoms with Crippen LogP contribution in [0.1, 0.15) is 27.0 Å². The van der Waals surface area contributed by atoms with Gasteiger partial charge in [-0.05, 0) is 25.0 Å². The van der Waals surface area contributed by atoms with Crippen LogP contribution in [-0.4, -0.2) is 19.1 Å². The zero-order valence-corrected chi connectivity index (χ0v) is 8.95. The number of hydrogen-bond acceptors (Lipinski definition) is 4. The normalized spacial score (nSPS) is 14.9. The van der Waals surface area contributed by atoms with E-state index in [1.807, 2.05) is 13.0 Å². The van der Waals surface area contributed by atoms with Gasteiger partial charge in [0.1, 0.15) is 4.88 Å². The zero-order valence-electron chi connectivity index (χ0n) is 8.13. The molecule has 0 aromatic carbocycles. The van der Waals surface area contributed by atoms with Gasteiger partial charge in [-0.3, -0.25) is 0 Å². The summed E-state index contributed by atoms with van der Waals surface area (Å²) in [7, 11) is 0. The highest BCUT2D eigenvalue weighted by Crippen LogP contribution is 2.25. The van der Waals surface area contributed by atoms with E-state index in [1.165, 1.54) is 10.4 Å². The van der Waals surface area contributed by atoms with Crippen molar-refractivity contribution in [3.05, 3.63) is 21.4 Å². The summed E-state index contributed by atoms with van der Waals surface area (Å²) >= 11 is 1.57. The third kappa shape index (κ3) is 1.81. The highest BCUT2D eigenvalue weighted by Gasteiger charge is 2.17. The average Bonchev–Trinajstić information content (AvgIpc) is 2.61. The quantitative estimate of drug-likeness (QED) is 0.755. The van der Waals surface area contributed by atoms with Crippen LogP contribution in [0.3, 0.4) is 0 Å². The van der Waals surface area contributed by atoms with Gasteiger partial charge in [-0.25, -0.2) is 4.79 Å². The van der Waals surface area contributed by atoms with Crippen molar-refractivity contribution in [2.75, 3.05) is 13.2 Å². The van der Waals surface area contributed by atoms with Gasteiger partial charge in [0.25, 0.3) is 0 Å². The van der Waals surface area contributed by atoms with Gasteiger partial charge in [-0.2, -0.15) is 0 Å². The van der Waals surface area contributed by atoms with Crippen LogP contribution in [0.25, 0.3) is 0 Å². The summed E-state index contributed by atoms with van der Waals surface area (Å²) in [6.07, 6.45) is 1.03. The van der Waals surface area contributed by atoms with Crippen LogP contribution in [0.4, 0.5) is 0 Å². The summed E-state index contributed by atoms with van der Waals surface area (Å²) in [6.45, 7) is 4.16. The summed E-state index contributed by atoms with van der Waals surface area (Å²) < 4.78 is 4.96. The molecule has 1 aromatic heterocycles. The molecule has 1 aliphatic rings. The number of rotatable bonds is 2. The Morgan fingerprint density at radius 1 is 1.71 bits per heavy atom. The zero-order chi connectivity index (χ0) is 9.97. The first-order valence-corrected chi connectivity index (χ1v) is 5.62. The maximum absolute atomic E-state index is 11.4. The van der Waals surface area contributed by atoms with Crippen LogP contribution in [0.2, 0.25) is 0 Å². The maximum atomic E-state index is 11.4. The fourth-order valence-electron chi connectivity index (χ4n) is 1.56. The molecule has 76 valence electrons. The summed E-state index contributed by atoms with van der Waals surface area (Å²) in [5.41, 5.74) is 1.25. The summed E-state index contributed by atoms with van der Waals surface area (Å²) in [5, 5.41) is 3.28. The van der Waals surface area contributed by atoms with Crippen molar-refractivity contribution in [2.24, 2.45) is 0 Å². The van der Waals surface area contributed by atoms with E-state index >= 15 is 0 Å². The molecule has 4 heteroatoms. The van der Waals surface area contributed by atoms with Crippen molar-refractivity contribution in [3.63, 3.8) is 0 Å². The van der Waals surface area contributed by atoms with E-state index in [9.17, 15) is 4.79 Å². The lowest BCUT2D eigenvalue weighted by Gasteiger charge is -2.10. The fourth-order valence-corrected chi connectivity index (χ4v) is 2.63. The van der Waals surface area contributed by atoms with Crippen LogP contribution in [0.5, 0.6) is 0 Å². The third-order valence-electron chi connectivity index (χ3n) is 2.22. The molecule has 0 radical (unpaired) electrons. The van der Waals surface area contributed by atoms with Crippen LogP contribution >= 0.6 is 11.3 Å². The predicted molar refractivity (Wildman–Crippen MR) is 55.7 cm³/mol. The second-order valence-electron chi connectivity index (χ2n) is 3.21. The van der Waals surface area contributed by atoms with Gasteiger partial charge in [-0.1, -0.05) is 0 Å². The van der Waals surface area contributed by atoms with Crippen molar-refractivity contribution >= 4 is 17.3 Å². The highest BCUT2D eigenvalue weighted by atomic mass is 32.1. The minimum Gasteiger partial charge on any atom is -0.462 e. The van der Waals surface area contributed by atoms with Gasteiger partial charge in [-0.15, -0.1) is 11.3 Å². The lowest BCUT2D eigenvalue weighted by atomic mass is 10.1. The number of esters is 1. The number of fused-ring (bicyclic) bond motifs is 1. The minimum absolute atomic E-state index is 0.188. The van der Waals surface area contributed by atoms with Crippen molar-refractivity contribution in [1.82, 2.24) is 5.32 Å². The van der Waals surface area contributed by atoms with Crippen LogP contribution in [-0.2, 0) is 17.7 Å². The average molecular weight is 211 g/mol. The molecule has 2 rings (SSSR count). The molecule has 0 amide bonds. The molecule has 1 aromatic rings. The van der Waals surface area contributed by atoms with Gasteiger partial charge in [0, 0.05) is 18.0 Å². The molecule has 0 saturated heterocycles. The molecule has 0 bridgehead atoms. The highest BCUT2D eigenvalue weighted by molar-refractivity contribution is 7.14. The lowest BCUT2D eigenvalue weighted by Crippen LogP contribution is -2.21. The molecule has 1 aliphatic heterocycles. The molecule has 0 unspecified atom stereocenters. The number of carbonyl (C=O) groups excluding carboxylic acids is 1. The molecule has 0 atom stereocenters. The van der Waals surface area contributed by atoms with E-state index in [1.54, 1.807) is 11.3 Å². The van der Waals surface area contributed by atoms with Gasteiger partial charge in [0.05, 0.1) is 6.61 Å². The van der Waals surface area contributed by atoms with Crippen LogP contribution < -0.4 is 5.32 Å². The monoisotopic (exact) mass is 211 g/mol. The largest absolute Gasteiger partial charge is 0.462 e. The van der Waals surface area contributed by atoms with E-state index in [0.717, 1.165) is 24.4 Å². The number of hydrogen-bond donors (Lipinski definition) is 1. The van der Waals surface area contributed by atoms with Crippen molar-refractivity contribution in [3.8, 4) is 0 Å². The molecule has 0 aliphatic carbocycles. The smallest absolute Gasteiger partial charge is 0.348 e. The standard InChI is InChI=1S/C10H13NO2S/c1-2-13-10(12)9-5-7-6-11-4-3-8(7)14-9/h5,11H,2-4,6H2,1H3. The number of ether oxygens (including phenoxy) is 1. The Hall–Kier alpha value is -0.870. The summed E-state index contributed by atoms with van der Waals surface area (Å²) in [4.78, 5) is 13.5. The molecule has 0 saturated carbocycles. The van der Waals surface area contributed by atoms with Gasteiger partial charge < -0.3 is 10.1 Å². The molecule has 1 N–H and O–H groups in total. The Kier molecular flexibility index (Phi) is 2.84. The molecular weight excluding hydrogens is 198 g/mol. The number of nitrogens with one attached hydrogen (secondary N) is 1. The summed E-state index contributed by atoms with van der Waals surface area (Å²) in [5.74, 6) is -0.188. The Balaban J connectivity index is 2.19. The van der Waals surface area contributed by atoms with Crippen molar-refractivity contribution in [2.45, 2.75) is 19.9 Å². The third-order valence-corrected chi connectivity index (χ3v) is 3.43. The van der Waals surface area contributed by atoms with Gasteiger partial charge >= 0.3 is 5.97 Å². The van der Waals surface area contributed by atoms with Crippen LogP contribution in [0, 0.1) is 0 Å². The lowest BCUT2D eigenvalue weighted by molar-refractivity contribution is 0.0532. The second-order valence-corrected chi connectivity index (χ2v) is 4.34. The Morgan fingerprint density at radius 2 is 2.57 bits per heavy atom. The number of carbonyl (C=O) groups is 1. The molecule has 14 heavy (non-hydrogen) atoms. The Labute approximate surface area is 87.1 Å². The van der Waals surface area contributed by atoms with Gasteiger partial charge in [0.2, 0.25) is 0 Å². The van der Waals surface area contributed by atoms with Crippen LogP contribution in [0.15, 0.2) is 6.07 Å². The van der Waals surface area contributed by atoms with Crippen molar-refractivity contribution in [1.29, 1.82) is 0 Å². The Bertz CT molecular complexity index is 322. The first-order valence-electron chi connectivity index (χ1n) is 4.80. The van der Waals surface area contributed by atoms with E-state index in [-0.39, 0.29) is 5.97 Å². The minimum atomic E-state index is -0.188. The SMILES string of the molecule is CCOC(=O)c1cc2c(s1)CCNC2. The first-order chi connectivity index (χ1) is 6.81. The number of thiophene rings is 1. The summed E-state index contributed by atoms with van der Waals surface area (Å²) in [6, 6.07) is 1.95. The second kappa shape index (κ2) is 4.11. The van der Waals surface area contributed by atoms with E-state index in [0.29, 0.717) is 6.61 Å². The predicted octanol–water partition coefficient (Wildman–Crippen LogP) is 1.57. The van der Waals surface area contributed by atoms with E-state index in [4.69, 9.17) is 4.74 Å². The molecule has 2 heterocycles. The van der Waals surface area contributed by atoms with E-state index < -0.39 is 0 Å². The molecule has 0 spiro atoms. The van der Waals surface area contributed by atoms with Gasteiger partial charge in [0.15, 0.2) is 0 Å². The van der Waals surface area contributed by atoms with Crippen molar-refractivity contribution < 1.29 is 9.53 Å². The fraction of sp³-hybridized carbons (Fsp3) is 0.500. The first kappa shape index (κ1) is 9.68. The molecule has 0 fully saturated rings. The topological polar surface area (TPSA) is 38.3 Å². The Morgan fingerprint density at radius 3 is 3.29 bits per heavy atom. The molecular formula is C10H13NO2S. The van der Waals surface area contributed by atoms with E-state index in [2.05, 4.69) is 5.32 Å². The molecule has 3 nitrogen and oxygen atoms in total. The maximum Gasteiger partial charge on any atom is 0.348 e.